The molecule has 2 heteroatoms. The van der Waals surface area contributed by atoms with Gasteiger partial charge in [0.25, 0.3) is 0 Å². The van der Waals surface area contributed by atoms with Crippen molar-refractivity contribution in [3.05, 3.63) is 0 Å². The lowest BCUT2D eigenvalue weighted by Gasteiger charge is -2.11. The Hall–Kier alpha value is -0.530. The first-order chi connectivity index (χ1) is 12.6. The maximum Gasteiger partial charge on any atom is 0.308 e. The van der Waals surface area contributed by atoms with Crippen LogP contribution in [0, 0.1) is 11.8 Å². The van der Waals surface area contributed by atoms with Crippen LogP contribution in [0.4, 0.5) is 0 Å². The van der Waals surface area contributed by atoms with E-state index in [0.717, 1.165) is 25.2 Å². The molecule has 0 aromatic rings. The second-order valence-electron chi connectivity index (χ2n) is 8.43. The SMILES string of the molecule is CCCCCCC(C)C(=O)OCCCCCCCCCC(C)CCCC. The van der Waals surface area contributed by atoms with Crippen molar-refractivity contribution < 1.29 is 9.53 Å². The number of carbonyl (C=O) groups excluding carboxylic acids is 1. The van der Waals surface area contributed by atoms with E-state index in [4.69, 9.17) is 4.74 Å². The molecular weight excluding hydrogens is 320 g/mol. The zero-order valence-electron chi connectivity index (χ0n) is 18.5. The monoisotopic (exact) mass is 368 g/mol. The third-order valence-corrected chi connectivity index (χ3v) is 5.53. The molecule has 26 heavy (non-hydrogen) atoms. The van der Waals surface area contributed by atoms with Crippen LogP contribution in [-0.2, 0) is 9.53 Å². The molecule has 156 valence electrons. The summed E-state index contributed by atoms with van der Waals surface area (Å²) in [5.74, 6) is 1.00. The molecule has 0 saturated carbocycles. The fourth-order valence-corrected chi connectivity index (χ4v) is 3.49. The fourth-order valence-electron chi connectivity index (χ4n) is 3.49. The van der Waals surface area contributed by atoms with Crippen LogP contribution in [-0.4, -0.2) is 12.6 Å². The van der Waals surface area contributed by atoms with Crippen molar-refractivity contribution in [2.45, 2.75) is 130 Å². The predicted octanol–water partition coefficient (Wildman–Crippen LogP) is 8.08. The number of hydrogen-bond donors (Lipinski definition) is 0. The van der Waals surface area contributed by atoms with E-state index in [1.165, 1.54) is 83.5 Å². The van der Waals surface area contributed by atoms with Gasteiger partial charge in [-0.25, -0.2) is 0 Å². The lowest BCUT2D eigenvalue weighted by Crippen LogP contribution is -2.15. The maximum absolute atomic E-state index is 11.9. The summed E-state index contributed by atoms with van der Waals surface area (Å²) in [6.07, 6.45) is 20.5. The van der Waals surface area contributed by atoms with Crippen LogP contribution in [0.15, 0.2) is 0 Å². The largest absolute Gasteiger partial charge is 0.465 e. The highest BCUT2D eigenvalue weighted by Gasteiger charge is 2.13. The second-order valence-corrected chi connectivity index (χ2v) is 8.43. The lowest BCUT2D eigenvalue weighted by molar-refractivity contribution is -0.148. The topological polar surface area (TPSA) is 26.3 Å². The van der Waals surface area contributed by atoms with Gasteiger partial charge < -0.3 is 4.74 Å². The van der Waals surface area contributed by atoms with Gasteiger partial charge in [-0.1, -0.05) is 118 Å². The average molecular weight is 369 g/mol. The van der Waals surface area contributed by atoms with E-state index >= 15 is 0 Å². The number of carbonyl (C=O) groups is 1. The van der Waals surface area contributed by atoms with Gasteiger partial charge in [0.1, 0.15) is 0 Å². The Labute approximate surface area is 164 Å². The smallest absolute Gasteiger partial charge is 0.308 e. The third-order valence-electron chi connectivity index (χ3n) is 5.53. The Kier molecular flexibility index (Phi) is 18.8. The summed E-state index contributed by atoms with van der Waals surface area (Å²) < 4.78 is 5.43. The van der Waals surface area contributed by atoms with Crippen molar-refractivity contribution in [1.82, 2.24) is 0 Å². The van der Waals surface area contributed by atoms with E-state index in [-0.39, 0.29) is 11.9 Å². The zero-order chi connectivity index (χ0) is 19.5. The summed E-state index contributed by atoms with van der Waals surface area (Å²) in [6.45, 7) is 9.53. The van der Waals surface area contributed by atoms with Crippen molar-refractivity contribution in [1.29, 1.82) is 0 Å². The van der Waals surface area contributed by atoms with E-state index in [2.05, 4.69) is 20.8 Å². The van der Waals surface area contributed by atoms with Crippen LogP contribution in [0.5, 0.6) is 0 Å². The third kappa shape index (κ3) is 16.9. The van der Waals surface area contributed by atoms with Gasteiger partial charge in [0.2, 0.25) is 0 Å². The normalized spacial score (nSPS) is 13.5. The Morgan fingerprint density at radius 1 is 0.654 bits per heavy atom. The molecule has 2 unspecified atom stereocenters. The van der Waals surface area contributed by atoms with E-state index in [0.29, 0.717) is 6.61 Å². The van der Waals surface area contributed by atoms with Crippen LogP contribution in [0.1, 0.15) is 130 Å². The molecule has 0 aromatic carbocycles. The predicted molar refractivity (Wildman–Crippen MR) is 115 cm³/mol. The Bertz CT molecular complexity index is 301. The van der Waals surface area contributed by atoms with Crippen molar-refractivity contribution in [3.8, 4) is 0 Å². The molecule has 0 rings (SSSR count). The minimum absolute atomic E-state index is 0.0127. The van der Waals surface area contributed by atoms with Crippen LogP contribution >= 0.6 is 0 Å². The Balaban J connectivity index is 3.33. The summed E-state index contributed by atoms with van der Waals surface area (Å²) in [5.41, 5.74) is 0. The molecule has 0 spiro atoms. The van der Waals surface area contributed by atoms with Gasteiger partial charge in [-0.2, -0.15) is 0 Å². The van der Waals surface area contributed by atoms with Crippen molar-refractivity contribution in [2.24, 2.45) is 11.8 Å². The van der Waals surface area contributed by atoms with Crippen molar-refractivity contribution >= 4 is 5.97 Å². The van der Waals surface area contributed by atoms with E-state index < -0.39 is 0 Å². The Morgan fingerprint density at radius 2 is 1.15 bits per heavy atom. The molecule has 0 radical (unpaired) electrons. The van der Waals surface area contributed by atoms with Gasteiger partial charge >= 0.3 is 5.97 Å². The molecule has 0 aliphatic rings. The zero-order valence-corrected chi connectivity index (χ0v) is 18.5. The molecule has 2 nitrogen and oxygen atoms in total. The number of esters is 1. The second kappa shape index (κ2) is 19.2. The Morgan fingerprint density at radius 3 is 1.81 bits per heavy atom. The molecule has 0 fully saturated rings. The van der Waals surface area contributed by atoms with Gasteiger partial charge in [0, 0.05) is 0 Å². The van der Waals surface area contributed by atoms with Crippen LogP contribution < -0.4 is 0 Å². The van der Waals surface area contributed by atoms with E-state index in [9.17, 15) is 4.79 Å². The molecule has 0 aliphatic carbocycles. The minimum Gasteiger partial charge on any atom is -0.465 e. The maximum atomic E-state index is 11.9. The summed E-state index contributed by atoms with van der Waals surface area (Å²) in [6, 6.07) is 0. The van der Waals surface area contributed by atoms with Crippen LogP contribution in [0.25, 0.3) is 0 Å². The average Bonchev–Trinajstić information content (AvgIpc) is 2.64. The first-order valence-corrected chi connectivity index (χ1v) is 11.8. The van der Waals surface area contributed by atoms with Gasteiger partial charge in [0.15, 0.2) is 0 Å². The minimum atomic E-state index is 0.0127. The van der Waals surface area contributed by atoms with Crippen LogP contribution in [0.2, 0.25) is 0 Å². The van der Waals surface area contributed by atoms with Gasteiger partial charge in [-0.05, 0) is 18.8 Å². The molecule has 2 atom stereocenters. The molecule has 0 amide bonds. The molecule has 0 bridgehead atoms. The quantitative estimate of drug-likeness (QED) is 0.170. The summed E-state index contributed by atoms with van der Waals surface area (Å²) in [5, 5.41) is 0. The number of unbranched alkanes of at least 4 members (excludes halogenated alkanes) is 10. The van der Waals surface area contributed by atoms with Gasteiger partial charge in [-0.3, -0.25) is 4.79 Å². The molecule has 0 N–H and O–H groups in total. The van der Waals surface area contributed by atoms with Crippen molar-refractivity contribution in [3.63, 3.8) is 0 Å². The molecule has 0 aliphatic heterocycles. The van der Waals surface area contributed by atoms with E-state index in [1.807, 2.05) is 6.92 Å². The summed E-state index contributed by atoms with van der Waals surface area (Å²) >= 11 is 0. The highest BCUT2D eigenvalue weighted by atomic mass is 16.5. The standard InChI is InChI=1S/C24H48O2/c1-5-7-9-16-20-23(4)24(25)26-21-17-14-12-10-11-13-15-19-22(3)18-8-6-2/h22-23H,5-21H2,1-4H3. The van der Waals surface area contributed by atoms with Gasteiger partial charge in [0.05, 0.1) is 12.5 Å². The van der Waals surface area contributed by atoms with Crippen LogP contribution in [0.3, 0.4) is 0 Å². The number of rotatable bonds is 19. The summed E-state index contributed by atoms with van der Waals surface area (Å²) in [7, 11) is 0. The molecular formula is C24H48O2. The highest BCUT2D eigenvalue weighted by Crippen LogP contribution is 2.17. The molecule has 0 saturated heterocycles. The first kappa shape index (κ1) is 25.5. The van der Waals surface area contributed by atoms with Gasteiger partial charge in [-0.15, -0.1) is 0 Å². The van der Waals surface area contributed by atoms with Crippen molar-refractivity contribution in [2.75, 3.05) is 6.61 Å². The molecule has 0 heterocycles. The fraction of sp³-hybridized carbons (Fsp3) is 0.958. The highest BCUT2D eigenvalue weighted by molar-refractivity contribution is 5.71. The summed E-state index contributed by atoms with van der Waals surface area (Å²) in [4.78, 5) is 11.9. The number of hydrogen-bond acceptors (Lipinski definition) is 2. The lowest BCUT2D eigenvalue weighted by atomic mass is 9.97. The first-order valence-electron chi connectivity index (χ1n) is 11.8. The molecule has 0 aromatic heterocycles. The number of ether oxygens (including phenoxy) is 1. The van der Waals surface area contributed by atoms with E-state index in [1.54, 1.807) is 0 Å².